The molecule has 0 aliphatic heterocycles. The van der Waals surface area contributed by atoms with Crippen LogP contribution in [0.5, 0.6) is 0 Å². The van der Waals surface area contributed by atoms with Crippen molar-refractivity contribution in [2.75, 3.05) is 4.90 Å². The second-order valence-electron chi connectivity index (χ2n) is 18.3. The number of hydrogen-bond acceptors (Lipinski definition) is 2. The van der Waals surface area contributed by atoms with E-state index in [1.807, 2.05) is 11.3 Å². The number of benzene rings is 11. The van der Waals surface area contributed by atoms with Gasteiger partial charge in [0, 0.05) is 59.1 Å². The molecule has 316 valence electrons. The largest absolute Gasteiger partial charge is 0.310 e. The highest BCUT2D eigenvalue weighted by Crippen LogP contribution is 2.63. The lowest BCUT2D eigenvalue weighted by Crippen LogP contribution is -2.26. The highest BCUT2D eigenvalue weighted by molar-refractivity contribution is 7.26. The summed E-state index contributed by atoms with van der Waals surface area (Å²) < 4.78 is 5.16. The SMILES string of the molecule is c1ccc(-c2ccc(N(c3ccc(-n4c5ccccc5c5ccc6ccc7c8ccccc8sc7c6c54)cc3)c3ccc4c(c3)C3(c5ccccc5-c5ccccc53)c3ccccc3-4)cc2)cc1. The third-order valence-corrected chi connectivity index (χ3v) is 16.2. The van der Waals surface area contributed by atoms with Crippen LogP contribution in [-0.4, -0.2) is 4.57 Å². The van der Waals surface area contributed by atoms with Crippen molar-refractivity contribution in [2.24, 2.45) is 0 Å². The summed E-state index contributed by atoms with van der Waals surface area (Å²) in [5.41, 5.74) is 19.4. The maximum absolute atomic E-state index is 2.50. The van der Waals surface area contributed by atoms with Gasteiger partial charge in [-0.25, -0.2) is 0 Å². The Labute approximate surface area is 397 Å². The lowest BCUT2D eigenvalue weighted by atomic mass is 9.70. The molecule has 0 bridgehead atoms. The number of anilines is 3. The van der Waals surface area contributed by atoms with Gasteiger partial charge < -0.3 is 9.47 Å². The second-order valence-corrected chi connectivity index (χ2v) is 19.4. The smallest absolute Gasteiger partial charge is 0.0726 e. The first-order chi connectivity index (χ1) is 33.7. The first-order valence-corrected chi connectivity index (χ1v) is 24.3. The van der Waals surface area contributed by atoms with Crippen LogP contribution in [0.4, 0.5) is 17.1 Å². The Morgan fingerprint density at radius 2 is 0.897 bits per heavy atom. The maximum Gasteiger partial charge on any atom is 0.0726 e. The second kappa shape index (κ2) is 14.3. The molecule has 0 N–H and O–H groups in total. The van der Waals surface area contributed by atoms with Gasteiger partial charge >= 0.3 is 0 Å². The van der Waals surface area contributed by atoms with Crippen molar-refractivity contribution in [1.29, 1.82) is 0 Å². The van der Waals surface area contributed by atoms with Crippen LogP contribution < -0.4 is 4.90 Å². The maximum atomic E-state index is 2.50. The van der Waals surface area contributed by atoms with E-state index in [1.54, 1.807) is 0 Å². The summed E-state index contributed by atoms with van der Waals surface area (Å²) in [6.45, 7) is 0. The lowest BCUT2D eigenvalue weighted by Gasteiger charge is -2.32. The Morgan fingerprint density at radius 3 is 1.59 bits per heavy atom. The lowest BCUT2D eigenvalue weighted by molar-refractivity contribution is 0.793. The van der Waals surface area contributed by atoms with Crippen molar-refractivity contribution in [1.82, 2.24) is 4.57 Å². The number of nitrogens with zero attached hydrogens (tertiary/aromatic N) is 2. The molecule has 68 heavy (non-hydrogen) atoms. The van der Waals surface area contributed by atoms with Crippen LogP contribution in [0.1, 0.15) is 22.3 Å². The summed E-state index contributed by atoms with van der Waals surface area (Å²) in [7, 11) is 0. The molecule has 0 radical (unpaired) electrons. The third kappa shape index (κ3) is 5.11. The number of fused-ring (bicyclic) bond motifs is 19. The first-order valence-electron chi connectivity index (χ1n) is 23.5. The average Bonchev–Trinajstić information content (AvgIpc) is 4.13. The predicted octanol–water partition coefficient (Wildman–Crippen LogP) is 17.8. The van der Waals surface area contributed by atoms with Crippen LogP contribution in [0.15, 0.2) is 243 Å². The minimum Gasteiger partial charge on any atom is -0.310 e. The van der Waals surface area contributed by atoms with Crippen LogP contribution in [0, 0.1) is 0 Å². The quantitative estimate of drug-likeness (QED) is 0.167. The van der Waals surface area contributed by atoms with E-state index in [0.29, 0.717) is 0 Å². The number of thiophene rings is 1. The van der Waals surface area contributed by atoms with E-state index in [4.69, 9.17) is 0 Å². The van der Waals surface area contributed by atoms with E-state index in [0.717, 1.165) is 22.7 Å². The number of aromatic nitrogens is 1. The number of rotatable bonds is 5. The topological polar surface area (TPSA) is 8.17 Å². The van der Waals surface area contributed by atoms with Gasteiger partial charge in [-0.1, -0.05) is 182 Å². The van der Waals surface area contributed by atoms with Gasteiger partial charge in [-0.05, 0) is 122 Å². The van der Waals surface area contributed by atoms with Crippen molar-refractivity contribution in [3.05, 3.63) is 265 Å². The van der Waals surface area contributed by atoms with Gasteiger partial charge in [0.15, 0.2) is 0 Å². The molecule has 0 unspecified atom stereocenters. The van der Waals surface area contributed by atoms with Gasteiger partial charge in [0.05, 0.1) is 16.4 Å². The molecule has 0 atom stereocenters. The van der Waals surface area contributed by atoms with Crippen molar-refractivity contribution < 1.29 is 0 Å². The molecule has 1 spiro atoms. The summed E-state index contributed by atoms with van der Waals surface area (Å²) in [5, 5.41) is 7.73. The third-order valence-electron chi connectivity index (χ3n) is 15.0. The predicted molar refractivity (Wildman–Crippen MR) is 288 cm³/mol. The zero-order valence-electron chi connectivity index (χ0n) is 36.9. The molecule has 2 nitrogen and oxygen atoms in total. The minimum atomic E-state index is -0.443. The van der Waals surface area contributed by atoms with Gasteiger partial charge in [-0.3, -0.25) is 0 Å². The molecule has 0 fully saturated rings. The Kier molecular flexibility index (Phi) is 7.90. The van der Waals surface area contributed by atoms with Crippen LogP contribution in [0.25, 0.3) is 91.8 Å². The summed E-state index contributed by atoms with van der Waals surface area (Å²) in [6.07, 6.45) is 0. The molecular formula is C65H40N2S. The average molecular weight is 881 g/mol. The fourth-order valence-electron chi connectivity index (χ4n) is 12.2. The molecular weight excluding hydrogens is 841 g/mol. The molecule has 2 aliphatic rings. The molecule has 2 aliphatic carbocycles. The van der Waals surface area contributed by atoms with E-state index in [2.05, 4.69) is 252 Å². The standard InChI is InChI=1S/C65H40N2S/c1-2-14-41(15-3-1)42-26-30-44(31-27-42)66(47-36-39-51-50-18-6-11-23-58(50)65(59(51)40-47)56-21-9-4-16-48(56)49-17-5-10-22-57(49)65)45-32-34-46(35-33-45)67-60-24-12-7-19-52(60)54-37-28-43-29-38-55-53-20-8-13-25-61(53)68-64(55)62(43)63(54)67/h1-40H. The van der Waals surface area contributed by atoms with E-state index in [-0.39, 0.29) is 0 Å². The zero-order chi connectivity index (χ0) is 44.5. The molecule has 3 heteroatoms. The van der Waals surface area contributed by atoms with Crippen LogP contribution in [0.3, 0.4) is 0 Å². The van der Waals surface area contributed by atoms with Crippen molar-refractivity contribution >= 4 is 81.1 Å². The summed E-state index contributed by atoms with van der Waals surface area (Å²) in [6, 6.07) is 90.4. The van der Waals surface area contributed by atoms with Crippen molar-refractivity contribution in [3.8, 4) is 39.1 Å². The van der Waals surface area contributed by atoms with E-state index in [1.165, 1.54) is 108 Å². The minimum absolute atomic E-state index is 0.443. The fraction of sp³-hybridized carbons (Fsp3) is 0.0154. The van der Waals surface area contributed by atoms with Gasteiger partial charge in [0.1, 0.15) is 0 Å². The highest BCUT2D eigenvalue weighted by Gasteiger charge is 2.51. The summed E-state index contributed by atoms with van der Waals surface area (Å²) in [4.78, 5) is 2.45. The number of hydrogen-bond donors (Lipinski definition) is 0. The molecule has 0 saturated carbocycles. The van der Waals surface area contributed by atoms with E-state index >= 15 is 0 Å². The van der Waals surface area contributed by atoms with E-state index < -0.39 is 5.41 Å². The molecule has 0 saturated heterocycles. The highest BCUT2D eigenvalue weighted by atomic mass is 32.1. The Balaban J connectivity index is 0.947. The van der Waals surface area contributed by atoms with Gasteiger partial charge in [0.2, 0.25) is 0 Å². The van der Waals surface area contributed by atoms with Crippen LogP contribution >= 0.6 is 11.3 Å². The molecule has 13 aromatic rings. The Morgan fingerprint density at radius 1 is 0.368 bits per heavy atom. The summed E-state index contributed by atoms with van der Waals surface area (Å²) >= 11 is 1.90. The van der Waals surface area contributed by atoms with Crippen LogP contribution in [0.2, 0.25) is 0 Å². The fourth-order valence-corrected chi connectivity index (χ4v) is 13.4. The zero-order valence-corrected chi connectivity index (χ0v) is 37.7. The molecule has 2 heterocycles. The van der Waals surface area contributed by atoms with Gasteiger partial charge in [0.25, 0.3) is 0 Å². The first kappa shape index (κ1) is 37.7. The molecule has 15 rings (SSSR count). The van der Waals surface area contributed by atoms with Gasteiger partial charge in [-0.2, -0.15) is 0 Å². The monoisotopic (exact) mass is 880 g/mol. The number of para-hydroxylation sites is 1. The molecule has 2 aromatic heterocycles. The van der Waals surface area contributed by atoms with Crippen molar-refractivity contribution in [3.63, 3.8) is 0 Å². The Hall–Kier alpha value is -8.50. The summed E-state index contributed by atoms with van der Waals surface area (Å²) in [5.74, 6) is 0. The van der Waals surface area contributed by atoms with Crippen LogP contribution in [-0.2, 0) is 5.41 Å². The Bertz CT molecular complexity index is 4130. The molecule has 11 aromatic carbocycles. The van der Waals surface area contributed by atoms with E-state index in [9.17, 15) is 0 Å². The normalized spacial score (nSPS) is 13.1. The molecule has 0 amide bonds. The van der Waals surface area contributed by atoms with Gasteiger partial charge in [-0.15, -0.1) is 11.3 Å². The van der Waals surface area contributed by atoms with Crippen molar-refractivity contribution in [2.45, 2.75) is 5.41 Å².